The van der Waals surface area contributed by atoms with Crippen LogP contribution in [0.3, 0.4) is 0 Å². The van der Waals surface area contributed by atoms with Crippen LogP contribution in [0.4, 0.5) is 10.3 Å². The quantitative estimate of drug-likeness (QED) is 0.934. The minimum absolute atomic E-state index is 0.0768. The van der Waals surface area contributed by atoms with E-state index in [-0.39, 0.29) is 5.02 Å². The van der Waals surface area contributed by atoms with E-state index in [4.69, 9.17) is 17.3 Å². The molecule has 0 amide bonds. The fourth-order valence-electron chi connectivity index (χ4n) is 1.64. The van der Waals surface area contributed by atoms with Crippen LogP contribution in [0.15, 0.2) is 30.5 Å². The van der Waals surface area contributed by atoms with Gasteiger partial charge in [-0.1, -0.05) is 11.6 Å². The summed E-state index contributed by atoms with van der Waals surface area (Å²) in [6, 6.07) is 6.26. The van der Waals surface area contributed by atoms with Crippen LogP contribution in [-0.2, 0) is 0 Å². The van der Waals surface area contributed by atoms with Gasteiger partial charge in [0.2, 0.25) is 5.95 Å². The third-order valence-corrected chi connectivity index (χ3v) is 2.95. The first kappa shape index (κ1) is 13.7. The Morgan fingerprint density at radius 1 is 1.37 bits per heavy atom. The smallest absolute Gasteiger partial charge is 0.225 e. The van der Waals surface area contributed by atoms with Crippen molar-refractivity contribution in [2.45, 2.75) is 0 Å². The molecule has 6 heteroatoms. The zero-order valence-electron chi connectivity index (χ0n) is 10.5. The summed E-state index contributed by atoms with van der Waals surface area (Å²) in [4.78, 5) is 10.4. The van der Waals surface area contributed by atoms with Crippen molar-refractivity contribution in [1.82, 2.24) is 9.97 Å². The van der Waals surface area contributed by atoms with Crippen LogP contribution >= 0.6 is 11.6 Å². The molecule has 0 saturated carbocycles. The summed E-state index contributed by atoms with van der Waals surface area (Å²) in [5.41, 5.74) is 6.93. The van der Waals surface area contributed by atoms with Gasteiger partial charge in [0.05, 0.1) is 10.7 Å². The number of nitrogens with zero attached hydrogens (tertiary/aromatic N) is 3. The Morgan fingerprint density at radius 2 is 2.16 bits per heavy atom. The second-order valence-corrected chi connectivity index (χ2v) is 4.49. The summed E-state index contributed by atoms with van der Waals surface area (Å²) >= 11 is 5.77. The van der Waals surface area contributed by atoms with E-state index in [2.05, 4.69) is 9.97 Å². The first-order valence-electron chi connectivity index (χ1n) is 5.81. The fourth-order valence-corrected chi connectivity index (χ4v) is 1.82. The molecule has 0 fully saturated rings. The maximum absolute atomic E-state index is 13.1. The summed E-state index contributed by atoms with van der Waals surface area (Å²) in [5.74, 6) is 0.128. The molecule has 2 aromatic rings. The van der Waals surface area contributed by atoms with Gasteiger partial charge in [-0.2, -0.15) is 0 Å². The van der Waals surface area contributed by atoms with Gasteiger partial charge < -0.3 is 10.6 Å². The summed E-state index contributed by atoms with van der Waals surface area (Å²) in [5, 5.41) is 0.0768. The van der Waals surface area contributed by atoms with Gasteiger partial charge >= 0.3 is 0 Å². The lowest BCUT2D eigenvalue weighted by Gasteiger charge is -2.16. The molecule has 2 rings (SSSR count). The number of hydrogen-bond donors (Lipinski definition) is 1. The van der Waals surface area contributed by atoms with Gasteiger partial charge in [-0.15, -0.1) is 0 Å². The predicted molar refractivity (Wildman–Crippen MR) is 74.8 cm³/mol. The van der Waals surface area contributed by atoms with E-state index in [0.717, 1.165) is 5.56 Å². The standard InChI is InChI=1S/C13H14ClFN4/c1-19(7-5-16)13-17-6-4-12(18-13)9-2-3-11(15)10(14)8-9/h2-4,6,8H,5,7,16H2,1H3. The van der Waals surface area contributed by atoms with Gasteiger partial charge in [0.1, 0.15) is 5.82 Å². The molecule has 2 N–H and O–H groups in total. The van der Waals surface area contributed by atoms with Crippen molar-refractivity contribution in [2.75, 3.05) is 25.0 Å². The van der Waals surface area contributed by atoms with Crippen LogP contribution in [0.2, 0.25) is 5.02 Å². The highest BCUT2D eigenvalue weighted by atomic mass is 35.5. The average molecular weight is 281 g/mol. The molecule has 1 aromatic carbocycles. The molecular formula is C13H14ClFN4. The van der Waals surface area contributed by atoms with Crippen molar-refractivity contribution in [1.29, 1.82) is 0 Å². The molecule has 0 radical (unpaired) electrons. The number of anilines is 1. The molecule has 4 nitrogen and oxygen atoms in total. The second kappa shape index (κ2) is 5.95. The molecule has 0 bridgehead atoms. The molecule has 1 heterocycles. The van der Waals surface area contributed by atoms with Crippen molar-refractivity contribution in [3.63, 3.8) is 0 Å². The fraction of sp³-hybridized carbons (Fsp3) is 0.231. The number of likely N-dealkylation sites (N-methyl/N-ethyl adjacent to an activating group) is 1. The zero-order valence-corrected chi connectivity index (χ0v) is 11.2. The van der Waals surface area contributed by atoms with Crippen molar-refractivity contribution < 1.29 is 4.39 Å². The van der Waals surface area contributed by atoms with E-state index in [1.54, 1.807) is 24.4 Å². The Hall–Kier alpha value is -1.72. The lowest BCUT2D eigenvalue weighted by Crippen LogP contribution is -2.26. The number of rotatable bonds is 4. The normalized spacial score (nSPS) is 10.5. The highest BCUT2D eigenvalue weighted by molar-refractivity contribution is 6.31. The molecule has 0 spiro atoms. The van der Waals surface area contributed by atoms with E-state index >= 15 is 0 Å². The minimum Gasteiger partial charge on any atom is -0.343 e. The number of benzene rings is 1. The van der Waals surface area contributed by atoms with Crippen molar-refractivity contribution in [3.8, 4) is 11.3 Å². The van der Waals surface area contributed by atoms with Gasteiger partial charge in [-0.3, -0.25) is 0 Å². The van der Waals surface area contributed by atoms with Crippen LogP contribution in [0, 0.1) is 5.82 Å². The molecule has 0 aliphatic heterocycles. The Kier molecular flexibility index (Phi) is 4.29. The molecule has 0 aliphatic rings. The van der Waals surface area contributed by atoms with Crippen molar-refractivity contribution in [2.24, 2.45) is 5.73 Å². The number of aromatic nitrogens is 2. The monoisotopic (exact) mass is 280 g/mol. The third kappa shape index (κ3) is 3.19. The first-order chi connectivity index (χ1) is 9.11. The van der Waals surface area contributed by atoms with Gasteiger partial charge in [0.15, 0.2) is 0 Å². The molecule has 100 valence electrons. The van der Waals surface area contributed by atoms with E-state index in [0.29, 0.717) is 24.7 Å². The zero-order chi connectivity index (χ0) is 13.8. The maximum Gasteiger partial charge on any atom is 0.225 e. The number of halogens is 2. The predicted octanol–water partition coefficient (Wildman–Crippen LogP) is 2.33. The molecule has 0 aliphatic carbocycles. The highest BCUT2D eigenvalue weighted by Gasteiger charge is 2.08. The van der Waals surface area contributed by atoms with E-state index in [1.807, 2.05) is 11.9 Å². The van der Waals surface area contributed by atoms with E-state index in [1.165, 1.54) is 6.07 Å². The lowest BCUT2D eigenvalue weighted by molar-refractivity contribution is 0.628. The van der Waals surface area contributed by atoms with Crippen LogP contribution in [0.25, 0.3) is 11.3 Å². The van der Waals surface area contributed by atoms with Crippen LogP contribution < -0.4 is 10.6 Å². The molecule has 0 unspecified atom stereocenters. The number of hydrogen-bond acceptors (Lipinski definition) is 4. The SMILES string of the molecule is CN(CCN)c1nccc(-c2ccc(F)c(Cl)c2)n1. The highest BCUT2D eigenvalue weighted by Crippen LogP contribution is 2.24. The van der Waals surface area contributed by atoms with Crippen molar-refractivity contribution in [3.05, 3.63) is 41.3 Å². The van der Waals surface area contributed by atoms with Crippen molar-refractivity contribution >= 4 is 17.5 Å². The Labute approximate surface area is 116 Å². The molecular weight excluding hydrogens is 267 g/mol. The Bertz CT molecular complexity index is 576. The minimum atomic E-state index is -0.444. The first-order valence-corrected chi connectivity index (χ1v) is 6.19. The van der Waals surface area contributed by atoms with E-state index < -0.39 is 5.82 Å². The summed E-state index contributed by atoms with van der Waals surface area (Å²) in [6.45, 7) is 1.18. The summed E-state index contributed by atoms with van der Waals surface area (Å²) < 4.78 is 13.1. The maximum atomic E-state index is 13.1. The lowest BCUT2D eigenvalue weighted by atomic mass is 10.1. The summed E-state index contributed by atoms with van der Waals surface area (Å²) in [6.07, 6.45) is 1.65. The average Bonchev–Trinajstić information content (AvgIpc) is 2.42. The summed E-state index contributed by atoms with van der Waals surface area (Å²) in [7, 11) is 1.86. The Morgan fingerprint density at radius 3 is 2.84 bits per heavy atom. The van der Waals surface area contributed by atoms with Crippen LogP contribution in [0.1, 0.15) is 0 Å². The molecule has 1 aromatic heterocycles. The van der Waals surface area contributed by atoms with Gasteiger partial charge in [-0.25, -0.2) is 14.4 Å². The third-order valence-electron chi connectivity index (χ3n) is 2.66. The molecule has 0 atom stereocenters. The van der Waals surface area contributed by atoms with Crippen LogP contribution in [0.5, 0.6) is 0 Å². The van der Waals surface area contributed by atoms with Gasteiger partial charge in [0.25, 0.3) is 0 Å². The Balaban J connectivity index is 2.34. The van der Waals surface area contributed by atoms with E-state index in [9.17, 15) is 4.39 Å². The topological polar surface area (TPSA) is 55.0 Å². The molecule has 19 heavy (non-hydrogen) atoms. The van der Waals surface area contributed by atoms with Crippen LogP contribution in [-0.4, -0.2) is 30.1 Å². The van der Waals surface area contributed by atoms with Gasteiger partial charge in [-0.05, 0) is 24.3 Å². The largest absolute Gasteiger partial charge is 0.343 e. The second-order valence-electron chi connectivity index (χ2n) is 4.08. The molecule has 0 saturated heterocycles. The number of nitrogens with two attached hydrogens (primary N) is 1. The van der Waals surface area contributed by atoms with Gasteiger partial charge in [0, 0.05) is 31.9 Å².